The number of benzene rings is 2. The van der Waals surface area contributed by atoms with E-state index >= 15 is 0 Å². The molecule has 1 heterocycles. The maximum absolute atomic E-state index is 12.5. The van der Waals surface area contributed by atoms with E-state index in [9.17, 15) is 4.79 Å². The smallest absolute Gasteiger partial charge is 0.257 e. The molecule has 0 aliphatic heterocycles. The first-order valence-electron chi connectivity index (χ1n) is 7.68. The van der Waals surface area contributed by atoms with E-state index < -0.39 is 0 Å². The van der Waals surface area contributed by atoms with Gasteiger partial charge in [0.25, 0.3) is 5.91 Å². The predicted molar refractivity (Wildman–Crippen MR) is 105 cm³/mol. The number of carbonyl (C=O) groups excluding carboxylic acids is 1. The Hall–Kier alpha value is -2.76. The largest absolute Gasteiger partial charge is 0.497 e. The third-order valence-electron chi connectivity index (χ3n) is 3.58. The van der Waals surface area contributed by atoms with Crippen molar-refractivity contribution in [3.63, 3.8) is 0 Å². The van der Waals surface area contributed by atoms with Crippen molar-refractivity contribution in [2.45, 2.75) is 0 Å². The van der Waals surface area contributed by atoms with Gasteiger partial charge in [-0.2, -0.15) is 0 Å². The van der Waals surface area contributed by atoms with Crippen LogP contribution in [-0.4, -0.2) is 18.0 Å². The van der Waals surface area contributed by atoms with Crippen LogP contribution >= 0.6 is 23.2 Å². The van der Waals surface area contributed by atoms with Crippen molar-refractivity contribution in [2.24, 2.45) is 0 Å². The number of pyridine rings is 1. The molecule has 0 aliphatic carbocycles. The molecule has 3 rings (SSSR count). The second-order valence-electron chi connectivity index (χ2n) is 5.37. The number of ether oxygens (including phenoxy) is 1. The maximum Gasteiger partial charge on any atom is 0.257 e. The highest BCUT2D eigenvalue weighted by Crippen LogP contribution is 2.30. The van der Waals surface area contributed by atoms with Gasteiger partial charge in [-0.25, -0.2) is 0 Å². The van der Waals surface area contributed by atoms with Gasteiger partial charge in [0.05, 0.1) is 40.3 Å². The molecule has 0 unspecified atom stereocenters. The van der Waals surface area contributed by atoms with Gasteiger partial charge < -0.3 is 15.4 Å². The molecule has 0 aliphatic rings. The van der Waals surface area contributed by atoms with Crippen molar-refractivity contribution >= 4 is 46.2 Å². The number of anilines is 3. The Morgan fingerprint density at radius 3 is 2.35 bits per heavy atom. The Bertz CT molecular complexity index is 910. The highest BCUT2D eigenvalue weighted by Gasteiger charge is 2.12. The van der Waals surface area contributed by atoms with Gasteiger partial charge >= 0.3 is 0 Å². The summed E-state index contributed by atoms with van der Waals surface area (Å²) in [5.74, 6) is 0.407. The van der Waals surface area contributed by atoms with E-state index in [1.807, 2.05) is 24.3 Å². The first-order valence-corrected chi connectivity index (χ1v) is 8.44. The average molecular weight is 388 g/mol. The summed E-state index contributed by atoms with van der Waals surface area (Å²) in [5.41, 5.74) is 2.27. The topological polar surface area (TPSA) is 63.2 Å². The van der Waals surface area contributed by atoms with Gasteiger partial charge in [-0.05, 0) is 42.5 Å². The first kappa shape index (κ1) is 18.0. The number of rotatable bonds is 5. The molecule has 2 aromatic carbocycles. The number of para-hydroxylation sites is 1. The molecule has 2 N–H and O–H groups in total. The van der Waals surface area contributed by atoms with Crippen molar-refractivity contribution < 1.29 is 9.53 Å². The standard InChI is InChI=1S/C19H15Cl2N3O2/c1-26-15-7-5-13(6-8-15)23-14-9-12(10-22-11-14)19(25)24-18-16(20)3-2-4-17(18)21/h2-11,23H,1H3,(H,24,25). The number of hydrogen-bond donors (Lipinski definition) is 2. The van der Waals surface area contributed by atoms with Gasteiger partial charge in [-0.3, -0.25) is 9.78 Å². The van der Waals surface area contributed by atoms with E-state index in [2.05, 4.69) is 15.6 Å². The number of carbonyl (C=O) groups is 1. The van der Waals surface area contributed by atoms with Crippen molar-refractivity contribution in [3.8, 4) is 5.75 Å². The molecule has 0 bridgehead atoms. The number of halogens is 2. The molecule has 0 atom stereocenters. The van der Waals surface area contributed by atoms with E-state index in [0.29, 0.717) is 27.0 Å². The van der Waals surface area contributed by atoms with Crippen molar-refractivity contribution in [1.29, 1.82) is 0 Å². The van der Waals surface area contributed by atoms with Gasteiger partial charge in [-0.15, -0.1) is 0 Å². The van der Waals surface area contributed by atoms with Crippen molar-refractivity contribution in [2.75, 3.05) is 17.7 Å². The SMILES string of the molecule is COc1ccc(Nc2cncc(C(=O)Nc3c(Cl)cccc3Cl)c2)cc1. The minimum absolute atomic E-state index is 0.356. The zero-order valence-electron chi connectivity index (χ0n) is 13.8. The predicted octanol–water partition coefficient (Wildman–Crippen LogP) is 5.39. The normalized spacial score (nSPS) is 10.3. The van der Waals surface area contributed by atoms with E-state index in [1.165, 1.54) is 6.20 Å². The Morgan fingerprint density at radius 1 is 1.00 bits per heavy atom. The molecular weight excluding hydrogens is 373 g/mol. The molecule has 0 saturated carbocycles. The lowest BCUT2D eigenvalue weighted by atomic mass is 10.2. The van der Waals surface area contributed by atoms with E-state index in [1.54, 1.807) is 37.6 Å². The second-order valence-corrected chi connectivity index (χ2v) is 6.18. The van der Waals surface area contributed by atoms with E-state index in [4.69, 9.17) is 27.9 Å². The van der Waals surface area contributed by atoms with Crippen LogP contribution in [0.25, 0.3) is 0 Å². The third-order valence-corrected chi connectivity index (χ3v) is 4.21. The molecule has 0 radical (unpaired) electrons. The number of methoxy groups -OCH3 is 1. The molecule has 7 heteroatoms. The third kappa shape index (κ3) is 4.25. The molecule has 5 nitrogen and oxygen atoms in total. The highest BCUT2D eigenvalue weighted by molar-refractivity contribution is 6.40. The zero-order valence-corrected chi connectivity index (χ0v) is 15.3. The minimum Gasteiger partial charge on any atom is -0.497 e. The number of nitrogens with zero attached hydrogens (tertiary/aromatic N) is 1. The van der Waals surface area contributed by atoms with Crippen LogP contribution in [0.2, 0.25) is 10.0 Å². The molecule has 1 amide bonds. The number of amides is 1. The van der Waals surface area contributed by atoms with Gasteiger partial charge in [0.1, 0.15) is 5.75 Å². The van der Waals surface area contributed by atoms with Crippen LogP contribution in [0.15, 0.2) is 60.9 Å². The molecule has 0 saturated heterocycles. The van der Waals surface area contributed by atoms with Crippen LogP contribution in [-0.2, 0) is 0 Å². The van der Waals surface area contributed by atoms with Crippen LogP contribution in [0.3, 0.4) is 0 Å². The highest BCUT2D eigenvalue weighted by atomic mass is 35.5. The Labute approximate surface area is 160 Å². The lowest BCUT2D eigenvalue weighted by Crippen LogP contribution is -2.13. The van der Waals surface area contributed by atoms with Gasteiger partial charge in [0.15, 0.2) is 0 Å². The summed E-state index contributed by atoms with van der Waals surface area (Å²) in [6, 6.07) is 14.1. The van der Waals surface area contributed by atoms with E-state index in [-0.39, 0.29) is 5.91 Å². The molecule has 0 fully saturated rings. The summed E-state index contributed by atoms with van der Waals surface area (Å²) < 4.78 is 5.13. The van der Waals surface area contributed by atoms with Crippen LogP contribution < -0.4 is 15.4 Å². The van der Waals surface area contributed by atoms with E-state index in [0.717, 1.165) is 11.4 Å². The summed E-state index contributed by atoms with van der Waals surface area (Å²) in [6.45, 7) is 0. The minimum atomic E-state index is -0.356. The van der Waals surface area contributed by atoms with Crippen molar-refractivity contribution in [3.05, 3.63) is 76.5 Å². The quantitative estimate of drug-likeness (QED) is 0.615. The van der Waals surface area contributed by atoms with Gasteiger partial charge in [0.2, 0.25) is 0 Å². The van der Waals surface area contributed by atoms with Gasteiger partial charge in [0, 0.05) is 11.9 Å². The summed E-state index contributed by atoms with van der Waals surface area (Å²) >= 11 is 12.2. The fourth-order valence-corrected chi connectivity index (χ4v) is 2.77. The fourth-order valence-electron chi connectivity index (χ4n) is 2.28. The first-order chi connectivity index (χ1) is 12.6. The summed E-state index contributed by atoms with van der Waals surface area (Å²) in [5, 5.41) is 6.63. The molecular formula is C19H15Cl2N3O2. The Kier molecular flexibility index (Phi) is 5.61. The van der Waals surface area contributed by atoms with Crippen LogP contribution in [0, 0.1) is 0 Å². The lowest BCUT2D eigenvalue weighted by Gasteiger charge is -2.11. The summed E-state index contributed by atoms with van der Waals surface area (Å²) in [7, 11) is 1.61. The number of aromatic nitrogens is 1. The Morgan fingerprint density at radius 2 is 1.69 bits per heavy atom. The fraction of sp³-hybridized carbons (Fsp3) is 0.0526. The van der Waals surface area contributed by atoms with Crippen LogP contribution in [0.5, 0.6) is 5.75 Å². The monoisotopic (exact) mass is 387 g/mol. The molecule has 132 valence electrons. The lowest BCUT2D eigenvalue weighted by molar-refractivity contribution is 0.102. The molecule has 3 aromatic rings. The average Bonchev–Trinajstić information content (AvgIpc) is 2.65. The molecule has 0 spiro atoms. The maximum atomic E-state index is 12.5. The molecule has 26 heavy (non-hydrogen) atoms. The number of hydrogen-bond acceptors (Lipinski definition) is 4. The van der Waals surface area contributed by atoms with Crippen molar-refractivity contribution in [1.82, 2.24) is 4.98 Å². The summed E-state index contributed by atoms with van der Waals surface area (Å²) in [6.07, 6.45) is 3.10. The summed E-state index contributed by atoms with van der Waals surface area (Å²) in [4.78, 5) is 16.6. The number of nitrogens with one attached hydrogen (secondary N) is 2. The Balaban J connectivity index is 1.76. The van der Waals surface area contributed by atoms with Crippen LogP contribution in [0.4, 0.5) is 17.1 Å². The molecule has 1 aromatic heterocycles. The second kappa shape index (κ2) is 8.08. The van der Waals surface area contributed by atoms with Crippen LogP contribution in [0.1, 0.15) is 10.4 Å². The van der Waals surface area contributed by atoms with Gasteiger partial charge in [-0.1, -0.05) is 29.3 Å². The zero-order chi connectivity index (χ0) is 18.5.